The predicted octanol–water partition coefficient (Wildman–Crippen LogP) is 1.59. The third-order valence-corrected chi connectivity index (χ3v) is 5.13. The fraction of sp³-hybridized carbons (Fsp3) is 0.688. The minimum absolute atomic E-state index is 0.0215. The molecule has 1 spiro atoms. The van der Waals surface area contributed by atoms with Gasteiger partial charge < -0.3 is 14.4 Å². The summed E-state index contributed by atoms with van der Waals surface area (Å²) in [6, 6.07) is 2.18. The van der Waals surface area contributed by atoms with Crippen LogP contribution in [-0.4, -0.2) is 67.8 Å². The number of likely N-dealkylation sites (N-methyl/N-ethyl adjacent to an activating group) is 1. The molecule has 5 nitrogen and oxygen atoms in total. The molecular weight excluding hydrogens is 300 g/mol. The topological polar surface area (TPSA) is 42.0 Å². The molecule has 0 aliphatic carbocycles. The van der Waals surface area contributed by atoms with Gasteiger partial charge >= 0.3 is 0 Å². The minimum atomic E-state index is -0.0555. The van der Waals surface area contributed by atoms with E-state index in [0.29, 0.717) is 0 Å². The lowest BCUT2D eigenvalue weighted by Gasteiger charge is -2.53. The summed E-state index contributed by atoms with van der Waals surface area (Å²) in [6.07, 6.45) is 1.92. The molecule has 1 aromatic rings. The Morgan fingerprint density at radius 1 is 1.55 bits per heavy atom. The van der Waals surface area contributed by atoms with Crippen LogP contribution < -0.4 is 0 Å². The molecule has 0 saturated carbocycles. The van der Waals surface area contributed by atoms with E-state index < -0.39 is 0 Å². The first-order chi connectivity index (χ1) is 10.6. The van der Waals surface area contributed by atoms with Gasteiger partial charge in [0.15, 0.2) is 0 Å². The molecule has 0 bridgehead atoms. The Morgan fingerprint density at radius 3 is 3.05 bits per heavy atom. The maximum absolute atomic E-state index is 11.6. The van der Waals surface area contributed by atoms with E-state index in [4.69, 9.17) is 9.47 Å². The monoisotopic (exact) mass is 324 g/mol. The van der Waals surface area contributed by atoms with E-state index in [1.54, 1.807) is 30.3 Å². The average molecular weight is 324 g/mol. The van der Waals surface area contributed by atoms with Crippen LogP contribution in [-0.2, 0) is 20.8 Å². The molecule has 2 saturated heterocycles. The normalized spacial score (nSPS) is 24.2. The number of nitrogens with zero attached hydrogens (tertiary/aromatic N) is 2. The van der Waals surface area contributed by atoms with Gasteiger partial charge in [0.1, 0.15) is 6.61 Å². The Morgan fingerprint density at radius 2 is 2.36 bits per heavy atom. The molecule has 0 unspecified atom stereocenters. The van der Waals surface area contributed by atoms with Crippen LogP contribution in [0.15, 0.2) is 16.8 Å². The highest BCUT2D eigenvalue weighted by Crippen LogP contribution is 2.36. The van der Waals surface area contributed by atoms with Gasteiger partial charge in [-0.3, -0.25) is 9.69 Å². The number of likely N-dealkylation sites (tertiary alicyclic amines) is 1. The zero-order chi connectivity index (χ0) is 15.6. The number of hydrogen-bond donors (Lipinski definition) is 0. The van der Waals surface area contributed by atoms with E-state index >= 15 is 0 Å². The highest BCUT2D eigenvalue weighted by atomic mass is 32.1. The fourth-order valence-electron chi connectivity index (χ4n) is 3.19. The Kier molecular flexibility index (Phi) is 4.82. The Labute approximate surface area is 135 Å². The molecule has 122 valence electrons. The Balaban J connectivity index is 1.44. The van der Waals surface area contributed by atoms with Crippen molar-refractivity contribution in [2.24, 2.45) is 0 Å². The molecule has 6 heteroatoms. The highest BCUT2D eigenvalue weighted by Gasteiger charge is 2.47. The van der Waals surface area contributed by atoms with Crippen molar-refractivity contribution in [3.05, 3.63) is 22.4 Å². The van der Waals surface area contributed by atoms with Gasteiger partial charge in [0.25, 0.3) is 0 Å². The van der Waals surface area contributed by atoms with E-state index in [1.807, 2.05) is 0 Å². The van der Waals surface area contributed by atoms with Crippen molar-refractivity contribution in [3.8, 4) is 0 Å². The second kappa shape index (κ2) is 6.66. The quantitative estimate of drug-likeness (QED) is 0.825. The third kappa shape index (κ3) is 3.68. The van der Waals surface area contributed by atoms with Crippen LogP contribution in [0.5, 0.6) is 0 Å². The molecule has 3 rings (SSSR count). The summed E-state index contributed by atoms with van der Waals surface area (Å²) in [5.74, 6) is 0.0215. The van der Waals surface area contributed by atoms with E-state index in [2.05, 4.69) is 21.7 Å². The molecule has 22 heavy (non-hydrogen) atoms. The number of amides is 1. The molecule has 0 N–H and O–H groups in total. The summed E-state index contributed by atoms with van der Waals surface area (Å²) in [6.45, 7) is 3.83. The first kappa shape index (κ1) is 15.9. The van der Waals surface area contributed by atoms with Crippen molar-refractivity contribution in [1.82, 2.24) is 9.80 Å². The van der Waals surface area contributed by atoms with Gasteiger partial charge in [-0.25, -0.2) is 0 Å². The zero-order valence-electron chi connectivity index (χ0n) is 13.3. The third-order valence-electron chi connectivity index (χ3n) is 4.40. The van der Waals surface area contributed by atoms with Crippen LogP contribution >= 0.6 is 11.3 Å². The summed E-state index contributed by atoms with van der Waals surface area (Å²) >= 11 is 1.74. The molecule has 1 amide bonds. The largest absolute Gasteiger partial charge is 0.372 e. The molecule has 0 aromatic carbocycles. The standard InChI is InChI=1S/C16H24N2O3S/c1-17(2)15(19)9-20-14-3-5-21-16(7-14)11-18(12-16)8-13-4-6-22-10-13/h4,6,10,14H,3,5,7-9,11-12H2,1-2H3/t14-/m0/s1. The summed E-state index contributed by atoms with van der Waals surface area (Å²) < 4.78 is 11.8. The molecule has 3 heterocycles. The lowest BCUT2D eigenvalue weighted by atomic mass is 9.84. The van der Waals surface area contributed by atoms with Crippen molar-refractivity contribution in [2.45, 2.75) is 31.1 Å². The predicted molar refractivity (Wildman–Crippen MR) is 85.9 cm³/mol. The number of carbonyl (C=O) groups excluding carboxylic acids is 1. The molecule has 0 radical (unpaired) electrons. The van der Waals surface area contributed by atoms with Crippen LogP contribution in [0.4, 0.5) is 0 Å². The van der Waals surface area contributed by atoms with Gasteiger partial charge in [-0.15, -0.1) is 0 Å². The summed E-state index contributed by atoms with van der Waals surface area (Å²) in [4.78, 5) is 15.6. The van der Waals surface area contributed by atoms with Crippen LogP contribution in [0.25, 0.3) is 0 Å². The van der Waals surface area contributed by atoms with Gasteiger partial charge in [-0.05, 0) is 28.8 Å². The number of hydrogen-bond acceptors (Lipinski definition) is 5. The van der Waals surface area contributed by atoms with Crippen molar-refractivity contribution < 1.29 is 14.3 Å². The van der Waals surface area contributed by atoms with Crippen molar-refractivity contribution in [1.29, 1.82) is 0 Å². The first-order valence-electron chi connectivity index (χ1n) is 7.75. The number of ether oxygens (including phenoxy) is 2. The van der Waals surface area contributed by atoms with Gasteiger partial charge in [0.2, 0.25) is 5.91 Å². The molecule has 1 atom stereocenters. The Hall–Kier alpha value is -0.950. The lowest BCUT2D eigenvalue weighted by Crippen LogP contribution is -2.65. The average Bonchev–Trinajstić information content (AvgIpc) is 2.96. The highest BCUT2D eigenvalue weighted by molar-refractivity contribution is 7.07. The minimum Gasteiger partial charge on any atom is -0.372 e. The molecule has 1 aromatic heterocycles. The molecular formula is C16H24N2O3S. The second-order valence-corrected chi connectivity index (χ2v) is 7.30. The lowest BCUT2D eigenvalue weighted by molar-refractivity contribution is -0.200. The SMILES string of the molecule is CN(C)C(=O)CO[C@H]1CCOC2(C1)CN(Cc1ccsc1)C2. The van der Waals surface area contributed by atoms with Crippen LogP contribution in [0.3, 0.4) is 0 Å². The van der Waals surface area contributed by atoms with Crippen LogP contribution in [0.1, 0.15) is 18.4 Å². The zero-order valence-corrected chi connectivity index (χ0v) is 14.1. The van der Waals surface area contributed by atoms with Crippen molar-refractivity contribution in [3.63, 3.8) is 0 Å². The van der Waals surface area contributed by atoms with Crippen molar-refractivity contribution >= 4 is 17.2 Å². The molecule has 2 fully saturated rings. The van der Waals surface area contributed by atoms with E-state index in [-0.39, 0.29) is 24.2 Å². The number of thiophene rings is 1. The van der Waals surface area contributed by atoms with E-state index in [0.717, 1.165) is 39.1 Å². The smallest absolute Gasteiger partial charge is 0.248 e. The summed E-state index contributed by atoms with van der Waals surface area (Å²) in [5.41, 5.74) is 1.32. The molecule has 2 aliphatic heterocycles. The van der Waals surface area contributed by atoms with Gasteiger partial charge in [0.05, 0.1) is 11.7 Å². The maximum Gasteiger partial charge on any atom is 0.248 e. The maximum atomic E-state index is 11.6. The van der Waals surface area contributed by atoms with E-state index in [1.165, 1.54) is 5.56 Å². The fourth-order valence-corrected chi connectivity index (χ4v) is 3.84. The first-order valence-corrected chi connectivity index (χ1v) is 8.70. The summed E-state index contributed by atoms with van der Waals surface area (Å²) in [7, 11) is 3.51. The molecule has 2 aliphatic rings. The summed E-state index contributed by atoms with van der Waals surface area (Å²) in [5, 5.41) is 4.32. The van der Waals surface area contributed by atoms with Gasteiger partial charge in [0, 0.05) is 46.8 Å². The van der Waals surface area contributed by atoms with Crippen LogP contribution in [0.2, 0.25) is 0 Å². The van der Waals surface area contributed by atoms with Gasteiger partial charge in [-0.2, -0.15) is 11.3 Å². The second-order valence-electron chi connectivity index (χ2n) is 6.52. The van der Waals surface area contributed by atoms with Gasteiger partial charge in [-0.1, -0.05) is 0 Å². The number of carbonyl (C=O) groups is 1. The number of rotatable bonds is 5. The Bertz CT molecular complexity index is 497. The van der Waals surface area contributed by atoms with E-state index in [9.17, 15) is 4.79 Å². The van der Waals surface area contributed by atoms with Crippen LogP contribution in [0, 0.1) is 0 Å². The van der Waals surface area contributed by atoms with Crippen molar-refractivity contribution in [2.75, 3.05) is 40.4 Å².